The van der Waals surface area contributed by atoms with E-state index in [9.17, 15) is 14.0 Å². The van der Waals surface area contributed by atoms with Crippen molar-refractivity contribution in [3.05, 3.63) is 29.0 Å². The lowest BCUT2D eigenvalue weighted by molar-refractivity contribution is -0.129. The van der Waals surface area contributed by atoms with E-state index in [1.165, 1.54) is 12.1 Å². The highest BCUT2D eigenvalue weighted by atomic mass is 35.5. The van der Waals surface area contributed by atoms with Crippen molar-refractivity contribution in [2.24, 2.45) is 11.8 Å². The van der Waals surface area contributed by atoms with Gasteiger partial charge >= 0.3 is 0 Å². The van der Waals surface area contributed by atoms with Crippen LogP contribution in [0.5, 0.6) is 5.75 Å². The molecule has 30 heavy (non-hydrogen) atoms. The Balaban J connectivity index is 1.26. The number of carbonyl (C=O) groups excluding carboxylic acids is 2. The average molecular weight is 440 g/mol. The van der Waals surface area contributed by atoms with Gasteiger partial charge in [-0.2, -0.15) is 5.48 Å². The number of carbonyl (C=O) groups is 2. The van der Waals surface area contributed by atoms with Crippen molar-refractivity contribution in [1.82, 2.24) is 16.1 Å². The van der Waals surface area contributed by atoms with Crippen LogP contribution in [-0.2, 0) is 14.4 Å². The summed E-state index contributed by atoms with van der Waals surface area (Å²) in [4.78, 5) is 30.6. The predicted octanol–water partition coefficient (Wildman–Crippen LogP) is 2.33. The van der Waals surface area contributed by atoms with Crippen LogP contribution in [0.3, 0.4) is 0 Å². The molecule has 4 aliphatic rings. The molecule has 3 saturated carbocycles. The summed E-state index contributed by atoms with van der Waals surface area (Å²) in [5.74, 6) is -0.468. The number of benzene rings is 1. The van der Waals surface area contributed by atoms with Crippen LogP contribution in [0.4, 0.5) is 4.39 Å². The average Bonchev–Trinajstić information content (AvgIpc) is 3.32. The van der Waals surface area contributed by atoms with Gasteiger partial charge in [-0.05, 0) is 50.7 Å². The maximum atomic E-state index is 13.5. The molecule has 2 bridgehead atoms. The maximum absolute atomic E-state index is 13.5. The van der Waals surface area contributed by atoms with E-state index in [-0.39, 0.29) is 58.8 Å². The molecule has 2 amide bonds. The van der Waals surface area contributed by atoms with Gasteiger partial charge in [-0.1, -0.05) is 18.5 Å². The van der Waals surface area contributed by atoms with Crippen LogP contribution in [0.2, 0.25) is 5.02 Å². The number of fused-ring (bicyclic) bond motifs is 1. The fourth-order valence-corrected chi connectivity index (χ4v) is 5.13. The molecular weight excluding hydrogens is 413 g/mol. The van der Waals surface area contributed by atoms with E-state index in [4.69, 9.17) is 21.2 Å². The second-order valence-corrected chi connectivity index (χ2v) is 9.07. The van der Waals surface area contributed by atoms with Gasteiger partial charge < -0.3 is 15.4 Å². The van der Waals surface area contributed by atoms with Crippen molar-refractivity contribution >= 4 is 23.4 Å². The summed E-state index contributed by atoms with van der Waals surface area (Å²) in [7, 11) is 0. The number of ether oxygens (including phenoxy) is 1. The van der Waals surface area contributed by atoms with Crippen LogP contribution >= 0.6 is 11.6 Å². The molecule has 4 unspecified atom stereocenters. The summed E-state index contributed by atoms with van der Waals surface area (Å²) >= 11 is 5.64. The van der Waals surface area contributed by atoms with Gasteiger partial charge in [0.05, 0.1) is 17.0 Å². The fourth-order valence-electron chi connectivity index (χ4n) is 5.02. The molecule has 0 aromatic heterocycles. The van der Waals surface area contributed by atoms with Crippen molar-refractivity contribution in [2.45, 2.75) is 63.3 Å². The van der Waals surface area contributed by atoms with Gasteiger partial charge in [0, 0.05) is 23.7 Å². The molecule has 1 aliphatic heterocycles. The lowest BCUT2D eigenvalue weighted by Gasteiger charge is -2.40. The van der Waals surface area contributed by atoms with E-state index in [1.54, 1.807) is 0 Å². The molecule has 7 nitrogen and oxygen atoms in total. The van der Waals surface area contributed by atoms with Crippen molar-refractivity contribution in [2.75, 3.05) is 6.61 Å². The van der Waals surface area contributed by atoms with Crippen molar-refractivity contribution in [3.8, 4) is 5.75 Å². The van der Waals surface area contributed by atoms with Crippen LogP contribution in [0.15, 0.2) is 18.2 Å². The molecule has 1 aromatic carbocycles. The summed E-state index contributed by atoms with van der Waals surface area (Å²) in [5.41, 5.74) is 2.69. The van der Waals surface area contributed by atoms with Crippen LogP contribution in [0, 0.1) is 17.7 Å². The third-order valence-electron chi connectivity index (χ3n) is 6.57. The first kappa shape index (κ1) is 21.3. The number of nitrogens with one attached hydrogen (secondary N) is 3. The summed E-state index contributed by atoms with van der Waals surface area (Å²) in [6.07, 6.45) is 3.07. The molecule has 0 radical (unpaired) electrons. The molecule has 1 heterocycles. The first-order chi connectivity index (χ1) is 14.3. The largest absolute Gasteiger partial charge is 0.484 e. The van der Waals surface area contributed by atoms with Gasteiger partial charge in [-0.25, -0.2) is 4.39 Å². The van der Waals surface area contributed by atoms with Gasteiger partial charge in [-0.15, -0.1) is 0 Å². The standard InChI is InChI=1S/C21H27ClFN3O4/c1-3-16-19(11(2)30-26-16)20(28)25-21-7-12(8-21)17(9-21)24-18(27)10-29-13-4-5-14(22)15(23)6-13/h4-6,11-12,16-17,19,26H,3,7-10H2,1-2H3,(H,24,27)(H,25,28). The van der Waals surface area contributed by atoms with E-state index < -0.39 is 5.82 Å². The second kappa shape index (κ2) is 8.32. The molecular formula is C21H27ClFN3O4. The highest BCUT2D eigenvalue weighted by Crippen LogP contribution is 2.52. The summed E-state index contributed by atoms with van der Waals surface area (Å²) in [6.45, 7) is 3.72. The zero-order chi connectivity index (χ0) is 21.5. The van der Waals surface area contributed by atoms with Gasteiger partial charge in [0.1, 0.15) is 11.6 Å². The first-order valence-corrected chi connectivity index (χ1v) is 10.8. The normalized spacial score (nSPS) is 34.3. The molecule has 9 heteroatoms. The number of hydrogen-bond acceptors (Lipinski definition) is 5. The Morgan fingerprint density at radius 3 is 2.83 bits per heavy atom. The zero-order valence-corrected chi connectivity index (χ0v) is 17.8. The number of amides is 2. The lowest BCUT2D eigenvalue weighted by atomic mass is 9.76. The number of hydroxylamine groups is 1. The number of hydrogen-bond donors (Lipinski definition) is 3. The van der Waals surface area contributed by atoms with E-state index in [0.29, 0.717) is 12.3 Å². The number of halogens is 2. The quantitative estimate of drug-likeness (QED) is 0.607. The molecule has 1 aromatic rings. The molecule has 0 spiro atoms. The Labute approximate surface area is 180 Å². The van der Waals surface area contributed by atoms with E-state index in [1.807, 2.05) is 13.8 Å². The Morgan fingerprint density at radius 1 is 1.37 bits per heavy atom. The minimum Gasteiger partial charge on any atom is -0.484 e. The lowest BCUT2D eigenvalue weighted by Crippen LogP contribution is -2.55. The van der Waals surface area contributed by atoms with Gasteiger partial charge in [0.15, 0.2) is 6.61 Å². The Bertz CT molecular complexity index is 832. The molecule has 3 N–H and O–H groups in total. The topological polar surface area (TPSA) is 88.7 Å². The van der Waals surface area contributed by atoms with Gasteiger partial charge in [0.25, 0.3) is 5.91 Å². The van der Waals surface area contributed by atoms with Crippen LogP contribution in [0.25, 0.3) is 0 Å². The molecule has 5 rings (SSSR count). The Kier molecular flexibility index (Phi) is 5.92. The monoisotopic (exact) mass is 439 g/mol. The third-order valence-corrected chi connectivity index (χ3v) is 6.87. The van der Waals surface area contributed by atoms with E-state index >= 15 is 0 Å². The van der Waals surface area contributed by atoms with Crippen LogP contribution in [0.1, 0.15) is 39.5 Å². The van der Waals surface area contributed by atoms with Gasteiger partial charge in [0.2, 0.25) is 5.91 Å². The minimum atomic E-state index is -0.591. The van der Waals surface area contributed by atoms with Crippen LogP contribution in [-0.4, -0.2) is 42.1 Å². The van der Waals surface area contributed by atoms with E-state index in [2.05, 4.69) is 16.1 Å². The molecule has 164 valence electrons. The third kappa shape index (κ3) is 4.13. The molecule has 3 aliphatic carbocycles. The van der Waals surface area contributed by atoms with Crippen molar-refractivity contribution in [1.29, 1.82) is 0 Å². The maximum Gasteiger partial charge on any atom is 0.258 e. The molecule has 4 fully saturated rings. The van der Waals surface area contributed by atoms with Crippen molar-refractivity contribution < 1.29 is 23.6 Å². The Hall–Kier alpha value is -1.90. The van der Waals surface area contributed by atoms with E-state index in [0.717, 1.165) is 25.3 Å². The number of rotatable bonds is 7. The van der Waals surface area contributed by atoms with Crippen molar-refractivity contribution in [3.63, 3.8) is 0 Å². The highest BCUT2D eigenvalue weighted by molar-refractivity contribution is 6.30. The summed E-state index contributed by atoms with van der Waals surface area (Å²) in [5, 5.41) is 6.23. The molecule has 4 atom stereocenters. The zero-order valence-electron chi connectivity index (χ0n) is 17.0. The SMILES string of the molecule is CCC1NOC(C)C1C(=O)NC12CC(C1)C(NC(=O)COc1ccc(Cl)c(F)c1)C2. The second-order valence-electron chi connectivity index (χ2n) is 8.66. The minimum absolute atomic E-state index is 0.000650. The van der Waals surface area contributed by atoms with Crippen LogP contribution < -0.4 is 20.9 Å². The first-order valence-electron chi connectivity index (χ1n) is 10.4. The summed E-state index contributed by atoms with van der Waals surface area (Å²) < 4.78 is 18.8. The molecule has 1 saturated heterocycles. The highest BCUT2D eigenvalue weighted by Gasteiger charge is 2.58. The van der Waals surface area contributed by atoms with Gasteiger partial charge in [-0.3, -0.25) is 14.4 Å². The smallest absolute Gasteiger partial charge is 0.258 e. The Morgan fingerprint density at radius 2 is 2.13 bits per heavy atom. The predicted molar refractivity (Wildman–Crippen MR) is 108 cm³/mol. The summed E-state index contributed by atoms with van der Waals surface area (Å²) in [6, 6.07) is 4.07. The fraction of sp³-hybridized carbons (Fsp3) is 0.619.